The zero-order chi connectivity index (χ0) is 14.9. The van der Waals surface area contributed by atoms with Gasteiger partial charge in [-0.1, -0.05) is 12.1 Å². The molecule has 3 aromatic rings. The summed E-state index contributed by atoms with van der Waals surface area (Å²) >= 11 is 1.77. The van der Waals surface area contributed by atoms with Crippen LogP contribution in [0.5, 0.6) is 0 Å². The smallest absolute Gasteiger partial charge is 0.140 e. The highest BCUT2D eigenvalue weighted by Crippen LogP contribution is 2.30. The van der Waals surface area contributed by atoms with Crippen LogP contribution in [0.3, 0.4) is 0 Å². The number of hydrogen-bond acceptors (Lipinski definition) is 4. The number of piperazine rings is 1. The third-order valence-corrected chi connectivity index (χ3v) is 5.16. The van der Waals surface area contributed by atoms with Crippen molar-refractivity contribution in [3.05, 3.63) is 47.1 Å². The fourth-order valence-electron chi connectivity index (χ4n) is 3.10. The lowest BCUT2D eigenvalue weighted by Gasteiger charge is -2.27. The monoisotopic (exact) mass is 312 g/mol. The molecule has 1 N–H and O–H groups in total. The van der Waals surface area contributed by atoms with Gasteiger partial charge in [0.1, 0.15) is 11.3 Å². The fourth-order valence-corrected chi connectivity index (χ4v) is 3.83. The average Bonchev–Trinajstić information content (AvgIpc) is 3.17. The molecule has 0 spiro atoms. The highest BCUT2D eigenvalue weighted by Gasteiger charge is 2.19. The first-order chi connectivity index (χ1) is 10.8. The fraction of sp³-hybridized carbons (Fsp3) is 0.353. The van der Waals surface area contributed by atoms with Crippen LogP contribution in [-0.2, 0) is 6.54 Å². The Morgan fingerprint density at radius 1 is 1.23 bits per heavy atom. The van der Waals surface area contributed by atoms with Crippen molar-refractivity contribution < 1.29 is 0 Å². The number of aromatic nitrogens is 2. The van der Waals surface area contributed by atoms with Gasteiger partial charge in [0.2, 0.25) is 0 Å². The summed E-state index contributed by atoms with van der Waals surface area (Å²) < 4.78 is 2.27. The molecule has 4 heterocycles. The van der Waals surface area contributed by atoms with Crippen LogP contribution >= 0.6 is 11.3 Å². The van der Waals surface area contributed by atoms with Crippen LogP contribution in [0, 0.1) is 6.92 Å². The van der Waals surface area contributed by atoms with Gasteiger partial charge in [-0.3, -0.25) is 4.90 Å². The molecule has 1 saturated heterocycles. The number of imidazole rings is 1. The molecule has 1 aliphatic heterocycles. The van der Waals surface area contributed by atoms with Crippen LogP contribution in [0.2, 0.25) is 0 Å². The lowest BCUT2D eigenvalue weighted by molar-refractivity contribution is 0.230. The van der Waals surface area contributed by atoms with E-state index in [0.29, 0.717) is 0 Å². The zero-order valence-corrected chi connectivity index (χ0v) is 13.6. The Balaban J connectivity index is 1.82. The molecule has 1 fully saturated rings. The first-order valence-corrected chi connectivity index (χ1v) is 8.64. The van der Waals surface area contributed by atoms with E-state index in [-0.39, 0.29) is 0 Å². The van der Waals surface area contributed by atoms with Crippen LogP contribution in [0.4, 0.5) is 0 Å². The molecule has 0 saturated carbocycles. The van der Waals surface area contributed by atoms with Gasteiger partial charge < -0.3 is 9.72 Å². The van der Waals surface area contributed by atoms with E-state index in [9.17, 15) is 0 Å². The van der Waals surface area contributed by atoms with Crippen LogP contribution in [0.25, 0.3) is 16.2 Å². The maximum atomic E-state index is 4.95. The summed E-state index contributed by atoms with van der Waals surface area (Å²) in [5.74, 6) is 0. The van der Waals surface area contributed by atoms with Crippen LogP contribution in [0.1, 0.15) is 11.3 Å². The molecular formula is C17H20N4S. The molecule has 0 aliphatic carbocycles. The van der Waals surface area contributed by atoms with Gasteiger partial charge in [0, 0.05) is 38.9 Å². The van der Waals surface area contributed by atoms with Gasteiger partial charge in [-0.05, 0) is 30.0 Å². The van der Waals surface area contributed by atoms with E-state index in [1.807, 2.05) is 0 Å². The molecule has 5 heteroatoms. The molecule has 0 atom stereocenters. The van der Waals surface area contributed by atoms with Crippen LogP contribution in [-0.4, -0.2) is 40.5 Å². The van der Waals surface area contributed by atoms with E-state index in [1.165, 1.54) is 16.1 Å². The van der Waals surface area contributed by atoms with Crippen molar-refractivity contribution in [1.29, 1.82) is 0 Å². The Morgan fingerprint density at radius 2 is 2.09 bits per heavy atom. The van der Waals surface area contributed by atoms with E-state index >= 15 is 0 Å². The molecule has 0 bridgehead atoms. The van der Waals surface area contributed by atoms with E-state index in [1.54, 1.807) is 11.3 Å². The Bertz CT molecular complexity index is 769. The molecule has 0 unspecified atom stereocenters. The number of aryl methyl sites for hydroxylation is 1. The highest BCUT2D eigenvalue weighted by molar-refractivity contribution is 7.13. The van der Waals surface area contributed by atoms with E-state index < -0.39 is 0 Å². The number of pyridine rings is 1. The molecular weight excluding hydrogens is 292 g/mol. The average molecular weight is 312 g/mol. The van der Waals surface area contributed by atoms with Crippen LogP contribution in [0.15, 0.2) is 35.8 Å². The summed E-state index contributed by atoms with van der Waals surface area (Å²) in [6, 6.07) is 8.52. The SMILES string of the molecule is Cc1cccn2c(CN3CCNCC3)c(-c3cccs3)nc12. The van der Waals surface area contributed by atoms with Gasteiger partial charge in [-0.25, -0.2) is 4.98 Å². The van der Waals surface area contributed by atoms with Crippen molar-refractivity contribution in [3.63, 3.8) is 0 Å². The Labute approximate surface area is 134 Å². The minimum absolute atomic E-state index is 0.958. The van der Waals surface area contributed by atoms with E-state index in [0.717, 1.165) is 44.1 Å². The topological polar surface area (TPSA) is 32.6 Å². The number of nitrogens with one attached hydrogen (secondary N) is 1. The molecule has 3 aromatic heterocycles. The van der Waals surface area contributed by atoms with Crippen LogP contribution < -0.4 is 5.32 Å². The maximum absolute atomic E-state index is 4.95. The van der Waals surface area contributed by atoms with Crippen molar-refractivity contribution >= 4 is 17.0 Å². The summed E-state index contributed by atoms with van der Waals surface area (Å²) in [4.78, 5) is 8.72. The Kier molecular flexibility index (Phi) is 3.70. The van der Waals surface area contributed by atoms with Gasteiger partial charge in [-0.15, -0.1) is 11.3 Å². The molecule has 0 aromatic carbocycles. The minimum Gasteiger partial charge on any atom is -0.314 e. The number of nitrogens with zero attached hydrogens (tertiary/aromatic N) is 3. The van der Waals surface area contributed by atoms with Crippen molar-refractivity contribution in [2.75, 3.05) is 26.2 Å². The molecule has 114 valence electrons. The van der Waals surface area contributed by atoms with E-state index in [2.05, 4.69) is 57.4 Å². The Hall–Kier alpha value is -1.69. The first kappa shape index (κ1) is 13.9. The number of thiophene rings is 1. The van der Waals surface area contributed by atoms with E-state index in [4.69, 9.17) is 4.98 Å². The highest BCUT2D eigenvalue weighted by atomic mass is 32.1. The molecule has 4 rings (SSSR count). The first-order valence-electron chi connectivity index (χ1n) is 7.76. The molecule has 0 radical (unpaired) electrons. The summed E-state index contributed by atoms with van der Waals surface area (Å²) in [6.45, 7) is 7.44. The van der Waals surface area contributed by atoms with Gasteiger partial charge in [0.25, 0.3) is 0 Å². The van der Waals surface area contributed by atoms with Gasteiger partial charge in [-0.2, -0.15) is 0 Å². The second kappa shape index (κ2) is 5.83. The summed E-state index contributed by atoms with van der Waals surface area (Å²) in [6.07, 6.45) is 2.14. The molecule has 0 amide bonds. The lowest BCUT2D eigenvalue weighted by Crippen LogP contribution is -2.43. The number of fused-ring (bicyclic) bond motifs is 1. The quantitative estimate of drug-likeness (QED) is 0.807. The predicted molar refractivity (Wildman–Crippen MR) is 91.4 cm³/mol. The van der Waals surface area contributed by atoms with Gasteiger partial charge >= 0.3 is 0 Å². The second-order valence-electron chi connectivity index (χ2n) is 5.80. The number of hydrogen-bond donors (Lipinski definition) is 1. The third-order valence-electron chi connectivity index (χ3n) is 4.28. The maximum Gasteiger partial charge on any atom is 0.140 e. The van der Waals surface area contributed by atoms with Crippen molar-refractivity contribution in [1.82, 2.24) is 19.6 Å². The largest absolute Gasteiger partial charge is 0.314 e. The standard InChI is InChI=1S/C17H20N4S/c1-13-4-2-8-21-14(12-20-9-6-18-7-10-20)16(19-17(13)21)15-5-3-11-22-15/h2-5,8,11,18H,6-7,9-10,12H2,1H3. The second-order valence-corrected chi connectivity index (χ2v) is 6.74. The Morgan fingerprint density at radius 3 is 2.86 bits per heavy atom. The number of rotatable bonds is 3. The van der Waals surface area contributed by atoms with Crippen molar-refractivity contribution in [2.45, 2.75) is 13.5 Å². The lowest BCUT2D eigenvalue weighted by atomic mass is 10.2. The van der Waals surface area contributed by atoms with Gasteiger partial charge in [0.15, 0.2) is 0 Å². The third kappa shape index (κ3) is 2.45. The van der Waals surface area contributed by atoms with Crippen molar-refractivity contribution in [3.8, 4) is 10.6 Å². The van der Waals surface area contributed by atoms with Crippen molar-refractivity contribution in [2.24, 2.45) is 0 Å². The zero-order valence-electron chi connectivity index (χ0n) is 12.7. The predicted octanol–water partition coefficient (Wildman–Crippen LogP) is 2.78. The van der Waals surface area contributed by atoms with Gasteiger partial charge in [0.05, 0.1) is 10.6 Å². The molecule has 4 nitrogen and oxygen atoms in total. The molecule has 22 heavy (non-hydrogen) atoms. The molecule has 1 aliphatic rings. The summed E-state index contributed by atoms with van der Waals surface area (Å²) in [7, 11) is 0. The minimum atomic E-state index is 0.958. The summed E-state index contributed by atoms with van der Waals surface area (Å²) in [5, 5.41) is 5.55. The summed E-state index contributed by atoms with van der Waals surface area (Å²) in [5.41, 5.74) is 4.76. The normalized spacial score (nSPS) is 16.4.